The Bertz CT molecular complexity index is 666. The van der Waals surface area contributed by atoms with Gasteiger partial charge < -0.3 is 9.67 Å². The minimum Gasteiger partial charge on any atom is -0.507 e. The van der Waals surface area contributed by atoms with E-state index < -0.39 is 0 Å². The van der Waals surface area contributed by atoms with Gasteiger partial charge in [-0.25, -0.2) is 0 Å². The zero-order chi connectivity index (χ0) is 12.4. The van der Waals surface area contributed by atoms with Gasteiger partial charge >= 0.3 is 0 Å². The first-order valence-corrected chi connectivity index (χ1v) is 5.02. The molecule has 0 aliphatic carbocycles. The molecule has 0 saturated heterocycles. The molecule has 0 saturated carbocycles. The van der Waals surface area contributed by atoms with Crippen LogP contribution in [0.3, 0.4) is 0 Å². The Hall–Kier alpha value is -2.54. The lowest BCUT2D eigenvalue weighted by atomic mass is 10.0. The van der Waals surface area contributed by atoms with Gasteiger partial charge in [0.1, 0.15) is 5.75 Å². The number of benzene rings is 1. The van der Waals surface area contributed by atoms with Crippen LogP contribution >= 0.6 is 0 Å². The Morgan fingerprint density at radius 2 is 2.06 bits per heavy atom. The van der Waals surface area contributed by atoms with Crippen molar-refractivity contribution in [2.75, 3.05) is 0 Å². The second-order valence-corrected chi connectivity index (χ2v) is 3.71. The number of phenols is 1. The van der Waals surface area contributed by atoms with E-state index >= 15 is 0 Å². The maximum absolute atomic E-state index is 11.5. The molecule has 1 aromatic heterocycles. The topological polar surface area (TPSA) is 66.0 Å². The summed E-state index contributed by atoms with van der Waals surface area (Å²) in [6.07, 6.45) is 1.63. The third kappa shape index (κ3) is 2.04. The summed E-state index contributed by atoms with van der Waals surface area (Å²) < 4.78 is 1.45. The summed E-state index contributed by atoms with van der Waals surface area (Å²) in [5.74, 6) is -0.00250. The summed E-state index contributed by atoms with van der Waals surface area (Å²) in [4.78, 5) is 11.5. The molecular formula is C13H10N2O2. The molecule has 1 aromatic carbocycles. The quantitative estimate of drug-likeness (QED) is 0.803. The van der Waals surface area contributed by atoms with Crippen LogP contribution in [0, 0.1) is 11.3 Å². The van der Waals surface area contributed by atoms with Crippen LogP contribution in [0.1, 0.15) is 5.56 Å². The van der Waals surface area contributed by atoms with E-state index in [9.17, 15) is 9.90 Å². The van der Waals surface area contributed by atoms with Crippen molar-refractivity contribution in [2.24, 2.45) is 7.05 Å². The van der Waals surface area contributed by atoms with Gasteiger partial charge in [0.2, 0.25) is 0 Å². The third-order valence-electron chi connectivity index (χ3n) is 2.54. The van der Waals surface area contributed by atoms with Crippen LogP contribution in [-0.4, -0.2) is 9.67 Å². The summed E-state index contributed by atoms with van der Waals surface area (Å²) in [6, 6.07) is 9.74. The molecule has 4 heteroatoms. The summed E-state index contributed by atoms with van der Waals surface area (Å²) in [6.45, 7) is 0. The SMILES string of the molecule is Cn1ccc(-c2ccc(C#N)cc2O)cc1=O. The average molecular weight is 226 g/mol. The van der Waals surface area contributed by atoms with Crippen LogP contribution in [0.15, 0.2) is 41.3 Å². The van der Waals surface area contributed by atoms with Gasteiger partial charge in [0.05, 0.1) is 11.6 Å². The third-order valence-corrected chi connectivity index (χ3v) is 2.54. The number of rotatable bonds is 1. The fourth-order valence-corrected chi connectivity index (χ4v) is 1.56. The number of aryl methyl sites for hydroxylation is 1. The van der Waals surface area contributed by atoms with Crippen LogP contribution in [-0.2, 0) is 7.05 Å². The molecule has 0 fully saturated rings. The lowest BCUT2D eigenvalue weighted by molar-refractivity contribution is 0.477. The standard InChI is InChI=1S/C13H10N2O2/c1-15-5-4-10(7-13(15)17)11-3-2-9(8-14)6-12(11)16/h2-7,16H,1H3. The number of hydrogen-bond donors (Lipinski definition) is 1. The van der Waals surface area contributed by atoms with Crippen molar-refractivity contribution in [1.82, 2.24) is 4.57 Å². The van der Waals surface area contributed by atoms with E-state index in [0.717, 1.165) is 0 Å². The van der Waals surface area contributed by atoms with Crippen LogP contribution < -0.4 is 5.56 Å². The Morgan fingerprint density at radius 1 is 1.29 bits per heavy atom. The van der Waals surface area contributed by atoms with Gasteiger partial charge in [0.15, 0.2) is 0 Å². The second-order valence-electron chi connectivity index (χ2n) is 3.71. The molecule has 17 heavy (non-hydrogen) atoms. The number of pyridine rings is 1. The van der Waals surface area contributed by atoms with Crippen LogP contribution in [0.2, 0.25) is 0 Å². The van der Waals surface area contributed by atoms with Crippen molar-refractivity contribution in [3.63, 3.8) is 0 Å². The molecule has 0 amide bonds. The molecule has 4 nitrogen and oxygen atoms in total. The number of aromatic hydroxyl groups is 1. The zero-order valence-corrected chi connectivity index (χ0v) is 9.21. The minimum atomic E-state index is -0.147. The lowest BCUT2D eigenvalue weighted by Crippen LogP contribution is -2.14. The summed E-state index contributed by atoms with van der Waals surface area (Å²) in [5, 5.41) is 18.5. The van der Waals surface area contributed by atoms with Crippen molar-refractivity contribution < 1.29 is 5.11 Å². The number of aromatic nitrogens is 1. The Morgan fingerprint density at radius 3 is 2.65 bits per heavy atom. The number of nitrogens with zero attached hydrogens (tertiary/aromatic N) is 2. The maximum atomic E-state index is 11.5. The molecule has 0 unspecified atom stereocenters. The van der Waals surface area contributed by atoms with Crippen LogP contribution in [0.25, 0.3) is 11.1 Å². The first-order chi connectivity index (χ1) is 8.11. The minimum absolute atomic E-state index is 0.00250. The molecule has 0 bridgehead atoms. The van der Waals surface area contributed by atoms with Gasteiger partial charge in [0, 0.05) is 24.9 Å². The highest BCUT2D eigenvalue weighted by molar-refractivity contribution is 5.70. The average Bonchev–Trinajstić information content (AvgIpc) is 2.32. The predicted octanol–water partition coefficient (Wildman–Crippen LogP) is 1.63. The van der Waals surface area contributed by atoms with E-state index in [1.54, 1.807) is 31.4 Å². The van der Waals surface area contributed by atoms with Gasteiger partial charge in [-0.1, -0.05) is 0 Å². The zero-order valence-electron chi connectivity index (χ0n) is 9.21. The van der Waals surface area contributed by atoms with Crippen molar-refractivity contribution in [3.05, 3.63) is 52.4 Å². The lowest BCUT2D eigenvalue weighted by Gasteiger charge is -2.05. The molecule has 0 spiro atoms. The Kier molecular flexibility index (Phi) is 2.67. The van der Waals surface area contributed by atoms with Crippen LogP contribution in [0.5, 0.6) is 5.75 Å². The van der Waals surface area contributed by atoms with Gasteiger partial charge in [-0.2, -0.15) is 5.26 Å². The van der Waals surface area contributed by atoms with Crippen molar-refractivity contribution in [1.29, 1.82) is 5.26 Å². The van der Waals surface area contributed by atoms with E-state index in [0.29, 0.717) is 16.7 Å². The molecule has 0 atom stereocenters. The highest BCUT2D eigenvalue weighted by Gasteiger charge is 2.06. The first-order valence-electron chi connectivity index (χ1n) is 5.02. The monoisotopic (exact) mass is 226 g/mol. The smallest absolute Gasteiger partial charge is 0.250 e. The molecule has 2 aromatic rings. The van der Waals surface area contributed by atoms with E-state index in [1.165, 1.54) is 16.7 Å². The highest BCUT2D eigenvalue weighted by Crippen LogP contribution is 2.28. The van der Waals surface area contributed by atoms with Gasteiger partial charge in [-0.3, -0.25) is 4.79 Å². The largest absolute Gasteiger partial charge is 0.507 e. The van der Waals surface area contributed by atoms with Crippen molar-refractivity contribution >= 4 is 0 Å². The van der Waals surface area contributed by atoms with Crippen molar-refractivity contribution in [2.45, 2.75) is 0 Å². The Balaban J connectivity index is 2.58. The summed E-state index contributed by atoms with van der Waals surface area (Å²) >= 11 is 0. The van der Waals surface area contributed by atoms with Crippen LogP contribution in [0.4, 0.5) is 0 Å². The van der Waals surface area contributed by atoms with Gasteiger partial charge in [-0.05, 0) is 29.8 Å². The van der Waals surface area contributed by atoms with Crippen molar-refractivity contribution in [3.8, 4) is 22.9 Å². The highest BCUT2D eigenvalue weighted by atomic mass is 16.3. The number of phenolic OH excluding ortho intramolecular Hbond substituents is 1. The summed E-state index contributed by atoms with van der Waals surface area (Å²) in [5.41, 5.74) is 1.41. The fraction of sp³-hybridized carbons (Fsp3) is 0.0769. The first kappa shape index (κ1) is 11.0. The van der Waals surface area contributed by atoms with Gasteiger partial charge in [-0.15, -0.1) is 0 Å². The van der Waals surface area contributed by atoms with E-state index in [1.807, 2.05) is 6.07 Å². The molecule has 84 valence electrons. The van der Waals surface area contributed by atoms with Gasteiger partial charge in [0.25, 0.3) is 5.56 Å². The molecule has 0 radical (unpaired) electrons. The van der Waals surface area contributed by atoms with E-state index in [2.05, 4.69) is 0 Å². The van der Waals surface area contributed by atoms with E-state index in [-0.39, 0.29) is 11.3 Å². The molecule has 1 heterocycles. The Labute approximate surface area is 98.0 Å². The number of nitriles is 1. The molecule has 0 aliphatic rings. The molecule has 1 N–H and O–H groups in total. The molecule has 0 aliphatic heterocycles. The molecule has 2 rings (SSSR count). The number of hydrogen-bond acceptors (Lipinski definition) is 3. The predicted molar refractivity (Wildman–Crippen MR) is 63.5 cm³/mol. The fourth-order valence-electron chi connectivity index (χ4n) is 1.56. The normalized spacial score (nSPS) is 9.88. The van der Waals surface area contributed by atoms with E-state index in [4.69, 9.17) is 5.26 Å². The maximum Gasteiger partial charge on any atom is 0.250 e. The second kappa shape index (κ2) is 4.14. The molecular weight excluding hydrogens is 216 g/mol. The summed E-state index contributed by atoms with van der Waals surface area (Å²) in [7, 11) is 1.66.